The standard InChI is InChI=1S/C11H26N2O/c1-6-10(2)7-13(4)8-11(12-3)9-14-5/h10-12H,6-9H2,1-5H3. The molecule has 0 heterocycles. The molecule has 3 nitrogen and oxygen atoms in total. The van der Waals surface area contributed by atoms with Crippen molar-refractivity contribution in [3.8, 4) is 0 Å². The highest BCUT2D eigenvalue weighted by molar-refractivity contribution is 4.69. The molecule has 0 fully saturated rings. The van der Waals surface area contributed by atoms with E-state index in [1.54, 1.807) is 7.11 Å². The summed E-state index contributed by atoms with van der Waals surface area (Å²) in [4.78, 5) is 2.37. The zero-order valence-corrected chi connectivity index (χ0v) is 10.3. The van der Waals surface area contributed by atoms with Gasteiger partial charge in [-0.1, -0.05) is 20.3 Å². The molecule has 0 aromatic heterocycles. The Morgan fingerprint density at radius 3 is 2.43 bits per heavy atom. The van der Waals surface area contributed by atoms with Crippen LogP contribution in [0, 0.1) is 5.92 Å². The van der Waals surface area contributed by atoms with Gasteiger partial charge < -0.3 is 15.0 Å². The number of hydrogen-bond donors (Lipinski definition) is 1. The van der Waals surface area contributed by atoms with Gasteiger partial charge in [0.1, 0.15) is 0 Å². The summed E-state index contributed by atoms with van der Waals surface area (Å²) >= 11 is 0. The molecule has 2 unspecified atom stereocenters. The number of rotatable bonds is 8. The van der Waals surface area contributed by atoms with Crippen molar-refractivity contribution in [1.29, 1.82) is 0 Å². The van der Waals surface area contributed by atoms with Gasteiger partial charge in [-0.3, -0.25) is 0 Å². The zero-order valence-electron chi connectivity index (χ0n) is 10.3. The van der Waals surface area contributed by atoms with Crippen molar-refractivity contribution in [1.82, 2.24) is 10.2 Å². The van der Waals surface area contributed by atoms with E-state index in [2.05, 4.69) is 31.1 Å². The maximum atomic E-state index is 5.14. The first-order valence-corrected chi connectivity index (χ1v) is 5.48. The highest BCUT2D eigenvalue weighted by Gasteiger charge is 2.10. The Morgan fingerprint density at radius 2 is 2.00 bits per heavy atom. The van der Waals surface area contributed by atoms with E-state index in [1.807, 2.05) is 7.05 Å². The van der Waals surface area contributed by atoms with E-state index in [4.69, 9.17) is 4.74 Å². The van der Waals surface area contributed by atoms with Crippen LogP contribution in [0.15, 0.2) is 0 Å². The fourth-order valence-corrected chi connectivity index (χ4v) is 1.54. The quantitative estimate of drug-likeness (QED) is 0.640. The highest BCUT2D eigenvalue weighted by Crippen LogP contribution is 2.03. The number of likely N-dealkylation sites (N-methyl/N-ethyl adjacent to an activating group) is 2. The Bertz CT molecular complexity index is 130. The lowest BCUT2D eigenvalue weighted by Crippen LogP contribution is -2.41. The molecule has 0 radical (unpaired) electrons. The molecule has 0 aliphatic rings. The van der Waals surface area contributed by atoms with Crippen LogP contribution in [0.2, 0.25) is 0 Å². The topological polar surface area (TPSA) is 24.5 Å². The third-order valence-electron chi connectivity index (χ3n) is 2.63. The van der Waals surface area contributed by atoms with Gasteiger partial charge in [-0.05, 0) is 20.0 Å². The van der Waals surface area contributed by atoms with Gasteiger partial charge in [0.25, 0.3) is 0 Å². The SMILES string of the molecule is CCC(C)CN(C)CC(COC)NC. The fraction of sp³-hybridized carbons (Fsp3) is 1.00. The van der Waals surface area contributed by atoms with Gasteiger partial charge in [0.05, 0.1) is 6.61 Å². The molecular weight excluding hydrogens is 176 g/mol. The molecule has 14 heavy (non-hydrogen) atoms. The van der Waals surface area contributed by atoms with Crippen molar-refractivity contribution in [3.05, 3.63) is 0 Å². The summed E-state index contributed by atoms with van der Waals surface area (Å²) in [6.45, 7) is 7.53. The van der Waals surface area contributed by atoms with Gasteiger partial charge >= 0.3 is 0 Å². The van der Waals surface area contributed by atoms with Crippen LogP contribution in [0.5, 0.6) is 0 Å². The van der Waals surface area contributed by atoms with Gasteiger partial charge in [-0.15, -0.1) is 0 Å². The minimum absolute atomic E-state index is 0.439. The van der Waals surface area contributed by atoms with E-state index in [9.17, 15) is 0 Å². The number of ether oxygens (including phenoxy) is 1. The van der Waals surface area contributed by atoms with Crippen LogP contribution in [0.4, 0.5) is 0 Å². The monoisotopic (exact) mass is 202 g/mol. The van der Waals surface area contributed by atoms with E-state index >= 15 is 0 Å². The molecule has 0 rings (SSSR count). The van der Waals surface area contributed by atoms with E-state index in [-0.39, 0.29) is 0 Å². The molecule has 0 saturated heterocycles. The summed E-state index contributed by atoms with van der Waals surface area (Å²) in [6.07, 6.45) is 1.25. The van der Waals surface area contributed by atoms with Crippen LogP contribution in [0.3, 0.4) is 0 Å². The second-order valence-corrected chi connectivity index (χ2v) is 4.18. The van der Waals surface area contributed by atoms with E-state index in [0.29, 0.717) is 6.04 Å². The fourth-order valence-electron chi connectivity index (χ4n) is 1.54. The van der Waals surface area contributed by atoms with Crippen molar-refractivity contribution in [3.63, 3.8) is 0 Å². The molecule has 1 N–H and O–H groups in total. The van der Waals surface area contributed by atoms with Crippen LogP contribution < -0.4 is 5.32 Å². The Balaban J connectivity index is 3.71. The summed E-state index contributed by atoms with van der Waals surface area (Å²) < 4.78 is 5.14. The molecule has 0 aromatic rings. The number of methoxy groups -OCH3 is 1. The number of nitrogens with one attached hydrogen (secondary N) is 1. The average Bonchev–Trinajstić information content (AvgIpc) is 2.16. The number of hydrogen-bond acceptors (Lipinski definition) is 3. The lowest BCUT2D eigenvalue weighted by atomic mass is 10.1. The third kappa shape index (κ3) is 6.35. The smallest absolute Gasteiger partial charge is 0.0628 e. The number of nitrogens with zero attached hydrogens (tertiary/aromatic N) is 1. The van der Waals surface area contributed by atoms with Gasteiger partial charge in [0, 0.05) is 26.2 Å². The van der Waals surface area contributed by atoms with Crippen molar-refractivity contribution >= 4 is 0 Å². The molecule has 0 spiro atoms. The first-order valence-electron chi connectivity index (χ1n) is 5.48. The van der Waals surface area contributed by atoms with Gasteiger partial charge in [0.15, 0.2) is 0 Å². The molecular formula is C11H26N2O. The largest absolute Gasteiger partial charge is 0.383 e. The summed E-state index contributed by atoms with van der Waals surface area (Å²) in [7, 11) is 5.91. The average molecular weight is 202 g/mol. The van der Waals surface area contributed by atoms with Crippen LogP contribution in [0.1, 0.15) is 20.3 Å². The highest BCUT2D eigenvalue weighted by atomic mass is 16.5. The van der Waals surface area contributed by atoms with Crippen LogP contribution in [-0.4, -0.2) is 51.8 Å². The first kappa shape index (κ1) is 13.9. The van der Waals surface area contributed by atoms with E-state index in [1.165, 1.54) is 13.0 Å². The lowest BCUT2D eigenvalue weighted by Gasteiger charge is -2.25. The van der Waals surface area contributed by atoms with Crippen molar-refractivity contribution in [2.24, 2.45) is 5.92 Å². The van der Waals surface area contributed by atoms with Gasteiger partial charge in [-0.25, -0.2) is 0 Å². The maximum absolute atomic E-state index is 5.14. The van der Waals surface area contributed by atoms with Gasteiger partial charge in [-0.2, -0.15) is 0 Å². The zero-order chi connectivity index (χ0) is 11.0. The Kier molecular flexibility index (Phi) is 8.14. The Hall–Kier alpha value is -0.120. The predicted octanol–water partition coefficient (Wildman–Crippen LogP) is 1.20. The molecule has 0 aromatic carbocycles. The second kappa shape index (κ2) is 8.21. The molecule has 0 aliphatic carbocycles. The summed E-state index contributed by atoms with van der Waals surface area (Å²) in [5.74, 6) is 0.778. The summed E-state index contributed by atoms with van der Waals surface area (Å²) in [6, 6.07) is 0.439. The second-order valence-electron chi connectivity index (χ2n) is 4.18. The first-order chi connectivity index (χ1) is 6.63. The minimum Gasteiger partial charge on any atom is -0.383 e. The predicted molar refractivity (Wildman–Crippen MR) is 61.7 cm³/mol. The third-order valence-corrected chi connectivity index (χ3v) is 2.63. The Labute approximate surface area is 88.8 Å². The normalized spacial score (nSPS) is 15.9. The summed E-state index contributed by atoms with van der Waals surface area (Å²) in [5.41, 5.74) is 0. The van der Waals surface area contributed by atoms with Crippen molar-refractivity contribution in [2.75, 3.05) is 40.9 Å². The van der Waals surface area contributed by atoms with Crippen LogP contribution in [-0.2, 0) is 4.74 Å². The van der Waals surface area contributed by atoms with Crippen molar-refractivity contribution < 1.29 is 4.74 Å². The molecule has 0 aliphatic heterocycles. The lowest BCUT2D eigenvalue weighted by molar-refractivity contribution is 0.144. The maximum Gasteiger partial charge on any atom is 0.0628 e. The molecule has 86 valence electrons. The molecule has 0 bridgehead atoms. The van der Waals surface area contributed by atoms with Crippen molar-refractivity contribution in [2.45, 2.75) is 26.3 Å². The molecule has 3 heteroatoms. The van der Waals surface area contributed by atoms with E-state index < -0.39 is 0 Å². The van der Waals surface area contributed by atoms with Crippen LogP contribution >= 0.6 is 0 Å². The van der Waals surface area contributed by atoms with Gasteiger partial charge in [0.2, 0.25) is 0 Å². The summed E-state index contributed by atoms with van der Waals surface area (Å²) in [5, 5.41) is 3.26. The van der Waals surface area contributed by atoms with E-state index in [0.717, 1.165) is 19.1 Å². The molecule has 0 saturated carbocycles. The molecule has 0 amide bonds. The molecule has 2 atom stereocenters. The minimum atomic E-state index is 0.439. The van der Waals surface area contributed by atoms with Crippen LogP contribution in [0.25, 0.3) is 0 Å². The Morgan fingerprint density at radius 1 is 1.36 bits per heavy atom.